The number of hydrogen-bond acceptors (Lipinski definition) is 6. The van der Waals surface area contributed by atoms with E-state index in [1.807, 2.05) is 0 Å². The van der Waals surface area contributed by atoms with Crippen molar-refractivity contribution in [1.29, 1.82) is 0 Å². The highest BCUT2D eigenvalue weighted by Crippen LogP contribution is 2.30. The zero-order valence-electron chi connectivity index (χ0n) is 13.8. The second-order valence-corrected chi connectivity index (χ2v) is 6.31. The maximum absolute atomic E-state index is 11.3. The summed E-state index contributed by atoms with van der Waals surface area (Å²) in [4.78, 5) is 19.7. The number of Topliss-reactive ketones (excluding diaryl/α,β-unsaturated/α-hetero) is 1. The molecule has 0 saturated carbocycles. The van der Waals surface area contributed by atoms with E-state index in [1.165, 1.54) is 13.3 Å². The summed E-state index contributed by atoms with van der Waals surface area (Å²) < 4.78 is 0. The van der Waals surface area contributed by atoms with Crippen LogP contribution in [-0.4, -0.2) is 15.8 Å². The number of nitrogen functional groups attached to an aromatic ring is 1. The van der Waals surface area contributed by atoms with Crippen LogP contribution in [0.3, 0.4) is 0 Å². The minimum Gasteiger partial charge on any atom is -0.393 e. The average Bonchev–Trinajstić information content (AvgIpc) is 2.62. The minimum atomic E-state index is 0.00575. The minimum absolute atomic E-state index is 0.00575. The molecule has 0 aliphatic rings. The number of ketones is 1. The average molecular weight is 388 g/mol. The van der Waals surface area contributed by atoms with Crippen molar-refractivity contribution in [2.75, 3.05) is 16.4 Å². The van der Waals surface area contributed by atoms with E-state index in [1.54, 1.807) is 42.5 Å². The Morgan fingerprint density at radius 3 is 2.08 bits per heavy atom. The molecule has 0 atom stereocenters. The number of rotatable bonds is 5. The van der Waals surface area contributed by atoms with Gasteiger partial charge in [-0.1, -0.05) is 23.2 Å². The van der Waals surface area contributed by atoms with Gasteiger partial charge in [-0.05, 0) is 49.4 Å². The van der Waals surface area contributed by atoms with Gasteiger partial charge in [0.05, 0.1) is 10.0 Å². The van der Waals surface area contributed by atoms with Crippen molar-refractivity contribution in [2.24, 2.45) is 0 Å². The van der Waals surface area contributed by atoms with Crippen LogP contribution in [0.15, 0.2) is 48.8 Å². The second-order valence-electron chi connectivity index (χ2n) is 5.50. The third-order valence-corrected chi connectivity index (χ3v) is 4.36. The van der Waals surface area contributed by atoms with E-state index in [0.717, 1.165) is 5.69 Å². The summed E-state index contributed by atoms with van der Waals surface area (Å²) in [5.41, 5.74) is 8.58. The summed E-state index contributed by atoms with van der Waals surface area (Å²) in [6.45, 7) is 1.52. The number of nitrogens with two attached hydrogens (primary N) is 1. The van der Waals surface area contributed by atoms with Crippen LogP contribution >= 0.6 is 23.2 Å². The zero-order valence-corrected chi connectivity index (χ0v) is 15.3. The normalized spacial score (nSPS) is 10.4. The van der Waals surface area contributed by atoms with Crippen LogP contribution in [0.4, 0.5) is 28.7 Å². The number of benzene rings is 2. The third-order valence-electron chi connectivity index (χ3n) is 3.62. The van der Waals surface area contributed by atoms with Gasteiger partial charge in [0, 0.05) is 16.9 Å². The Labute approximate surface area is 160 Å². The Bertz CT molecular complexity index is 960. The molecule has 8 heteroatoms. The molecule has 1 aromatic heterocycles. The lowest BCUT2D eigenvalue weighted by Crippen LogP contribution is -2.05. The van der Waals surface area contributed by atoms with Gasteiger partial charge in [0.1, 0.15) is 12.0 Å². The number of nitrogens with zero attached hydrogens (tertiary/aromatic N) is 2. The molecule has 0 aliphatic heterocycles. The molecule has 3 aromatic rings. The lowest BCUT2D eigenvalue weighted by Gasteiger charge is -2.13. The number of carbonyl (C=O) groups excluding carboxylic acids is 1. The Balaban J connectivity index is 1.82. The second kappa shape index (κ2) is 7.59. The summed E-state index contributed by atoms with van der Waals surface area (Å²) >= 11 is 11.9. The third kappa shape index (κ3) is 4.04. The van der Waals surface area contributed by atoms with E-state index in [4.69, 9.17) is 28.9 Å². The molecular formula is C18H15Cl2N5O. The van der Waals surface area contributed by atoms with E-state index in [9.17, 15) is 4.79 Å². The highest BCUT2D eigenvalue weighted by molar-refractivity contribution is 6.42. The van der Waals surface area contributed by atoms with E-state index >= 15 is 0 Å². The molecule has 2 aromatic carbocycles. The van der Waals surface area contributed by atoms with Gasteiger partial charge in [0.25, 0.3) is 0 Å². The molecule has 0 fully saturated rings. The van der Waals surface area contributed by atoms with Crippen molar-refractivity contribution < 1.29 is 4.79 Å². The SMILES string of the molecule is CC(=O)c1ccc(Nc2ncnc(Nc3ccc(Cl)c(Cl)c3)c2N)cc1. The molecule has 132 valence electrons. The zero-order chi connectivity index (χ0) is 18.7. The highest BCUT2D eigenvalue weighted by Gasteiger charge is 2.10. The first-order valence-corrected chi connectivity index (χ1v) is 8.40. The summed E-state index contributed by atoms with van der Waals surface area (Å²) in [6, 6.07) is 12.2. The highest BCUT2D eigenvalue weighted by atomic mass is 35.5. The standard InChI is InChI=1S/C18H15Cl2N5O/c1-10(26)11-2-4-12(5-3-11)24-17-16(21)18(23-9-22-17)25-13-6-7-14(19)15(20)8-13/h2-9H,21H2,1H3,(H2,22,23,24,25). The molecule has 0 amide bonds. The van der Waals surface area contributed by atoms with Gasteiger partial charge in [-0.15, -0.1) is 0 Å². The molecule has 0 spiro atoms. The molecule has 4 N–H and O–H groups in total. The topological polar surface area (TPSA) is 92.9 Å². The van der Waals surface area contributed by atoms with Crippen LogP contribution in [0.25, 0.3) is 0 Å². The fourth-order valence-electron chi connectivity index (χ4n) is 2.23. The predicted octanol–water partition coefficient (Wildman–Crippen LogP) is 5.06. The Hall–Kier alpha value is -2.83. The molecule has 0 radical (unpaired) electrons. The van der Waals surface area contributed by atoms with Crippen LogP contribution in [0.2, 0.25) is 10.0 Å². The lowest BCUT2D eigenvalue weighted by atomic mass is 10.1. The predicted molar refractivity (Wildman–Crippen MR) is 106 cm³/mol. The number of halogens is 2. The van der Waals surface area contributed by atoms with Crippen molar-refractivity contribution >= 4 is 57.7 Å². The van der Waals surface area contributed by atoms with E-state index < -0.39 is 0 Å². The van der Waals surface area contributed by atoms with Crippen LogP contribution in [0.5, 0.6) is 0 Å². The van der Waals surface area contributed by atoms with Crippen molar-refractivity contribution in [3.05, 3.63) is 64.4 Å². The smallest absolute Gasteiger partial charge is 0.159 e. The van der Waals surface area contributed by atoms with E-state index in [2.05, 4.69) is 20.6 Å². The van der Waals surface area contributed by atoms with Gasteiger partial charge in [-0.3, -0.25) is 4.79 Å². The number of nitrogens with one attached hydrogen (secondary N) is 2. The Morgan fingerprint density at radius 1 is 0.923 bits per heavy atom. The van der Waals surface area contributed by atoms with E-state index in [-0.39, 0.29) is 5.78 Å². The summed E-state index contributed by atoms with van der Waals surface area (Å²) in [6.07, 6.45) is 1.39. The molecule has 0 unspecified atom stereocenters. The van der Waals surface area contributed by atoms with Gasteiger partial charge >= 0.3 is 0 Å². The van der Waals surface area contributed by atoms with Gasteiger partial charge in [0.2, 0.25) is 0 Å². The van der Waals surface area contributed by atoms with Crippen molar-refractivity contribution in [2.45, 2.75) is 6.92 Å². The van der Waals surface area contributed by atoms with Gasteiger partial charge in [0.15, 0.2) is 17.4 Å². The maximum atomic E-state index is 11.3. The van der Waals surface area contributed by atoms with Crippen LogP contribution in [-0.2, 0) is 0 Å². The first-order chi connectivity index (χ1) is 12.4. The fourth-order valence-corrected chi connectivity index (χ4v) is 2.53. The molecule has 1 heterocycles. The van der Waals surface area contributed by atoms with Crippen molar-refractivity contribution in [3.63, 3.8) is 0 Å². The number of hydrogen-bond donors (Lipinski definition) is 3. The largest absolute Gasteiger partial charge is 0.393 e. The fraction of sp³-hybridized carbons (Fsp3) is 0.0556. The molecule has 6 nitrogen and oxygen atoms in total. The van der Waals surface area contributed by atoms with Crippen LogP contribution in [0, 0.1) is 0 Å². The summed E-state index contributed by atoms with van der Waals surface area (Å²) in [5, 5.41) is 7.08. The maximum Gasteiger partial charge on any atom is 0.159 e. The molecule has 26 heavy (non-hydrogen) atoms. The van der Waals surface area contributed by atoms with Crippen LogP contribution < -0.4 is 16.4 Å². The molecule has 0 saturated heterocycles. The lowest BCUT2D eigenvalue weighted by molar-refractivity contribution is 0.101. The van der Waals surface area contributed by atoms with Crippen LogP contribution in [0.1, 0.15) is 17.3 Å². The Morgan fingerprint density at radius 2 is 1.50 bits per heavy atom. The first kappa shape index (κ1) is 18.0. The quantitative estimate of drug-likeness (QED) is 0.530. The molecule has 3 rings (SSSR count). The number of aromatic nitrogens is 2. The molecule has 0 aliphatic carbocycles. The monoisotopic (exact) mass is 387 g/mol. The van der Waals surface area contributed by atoms with Gasteiger partial charge in [-0.2, -0.15) is 0 Å². The summed E-state index contributed by atoms with van der Waals surface area (Å²) in [7, 11) is 0. The summed E-state index contributed by atoms with van der Waals surface area (Å²) in [5.74, 6) is 0.880. The number of anilines is 5. The van der Waals surface area contributed by atoms with E-state index in [0.29, 0.717) is 38.6 Å². The first-order valence-electron chi connectivity index (χ1n) is 7.64. The van der Waals surface area contributed by atoms with Gasteiger partial charge < -0.3 is 16.4 Å². The number of carbonyl (C=O) groups is 1. The Kier molecular flexibility index (Phi) is 5.25. The molecule has 0 bridgehead atoms. The van der Waals surface area contributed by atoms with Gasteiger partial charge in [-0.25, -0.2) is 9.97 Å². The molecular weight excluding hydrogens is 373 g/mol. The van der Waals surface area contributed by atoms with Crippen molar-refractivity contribution in [3.8, 4) is 0 Å². The van der Waals surface area contributed by atoms with Crippen molar-refractivity contribution in [1.82, 2.24) is 9.97 Å².